The number of piperidine rings is 1. The molecule has 0 aliphatic carbocycles. The van der Waals surface area contributed by atoms with E-state index in [1.165, 1.54) is 4.31 Å². The molecule has 1 N–H and O–H groups in total. The number of ether oxygens (including phenoxy) is 1. The Bertz CT molecular complexity index is 1040. The fourth-order valence-corrected chi connectivity index (χ4v) is 5.39. The molecule has 6 nitrogen and oxygen atoms in total. The van der Waals surface area contributed by atoms with E-state index in [1.54, 1.807) is 36.4 Å². The van der Waals surface area contributed by atoms with Crippen LogP contribution in [-0.4, -0.2) is 38.3 Å². The van der Waals surface area contributed by atoms with Crippen LogP contribution in [0.1, 0.15) is 30.9 Å². The van der Waals surface area contributed by atoms with Crippen LogP contribution < -0.4 is 10.1 Å². The van der Waals surface area contributed by atoms with Crippen LogP contribution in [0, 0.1) is 19.8 Å². The van der Waals surface area contributed by atoms with Gasteiger partial charge in [-0.2, -0.15) is 4.31 Å². The molecule has 1 aliphatic heterocycles. The van der Waals surface area contributed by atoms with Gasteiger partial charge in [0.05, 0.1) is 17.4 Å². The molecule has 0 spiro atoms. The topological polar surface area (TPSA) is 75.7 Å². The Labute approximate surface area is 183 Å². The highest BCUT2D eigenvalue weighted by Crippen LogP contribution is 2.29. The number of nitrogens with zero attached hydrogens (tertiary/aromatic N) is 1. The van der Waals surface area contributed by atoms with Crippen LogP contribution in [0.2, 0.25) is 5.02 Å². The van der Waals surface area contributed by atoms with E-state index in [0.29, 0.717) is 42.5 Å². The van der Waals surface area contributed by atoms with Gasteiger partial charge in [0.25, 0.3) is 0 Å². The van der Waals surface area contributed by atoms with E-state index in [0.717, 1.165) is 11.1 Å². The van der Waals surface area contributed by atoms with Gasteiger partial charge >= 0.3 is 0 Å². The molecule has 1 heterocycles. The highest BCUT2D eigenvalue weighted by molar-refractivity contribution is 7.89. The highest BCUT2D eigenvalue weighted by Gasteiger charge is 2.33. The van der Waals surface area contributed by atoms with E-state index in [4.69, 9.17) is 16.3 Å². The molecule has 0 unspecified atom stereocenters. The Kier molecular flexibility index (Phi) is 7.06. The van der Waals surface area contributed by atoms with Gasteiger partial charge in [-0.15, -0.1) is 0 Å². The van der Waals surface area contributed by atoms with Crippen LogP contribution >= 0.6 is 11.6 Å². The smallest absolute Gasteiger partial charge is 0.243 e. The van der Waals surface area contributed by atoms with Gasteiger partial charge in [0.2, 0.25) is 15.9 Å². The number of benzene rings is 2. The number of hydrogen-bond donors (Lipinski definition) is 1. The molecule has 0 radical (unpaired) electrons. The van der Waals surface area contributed by atoms with E-state index >= 15 is 0 Å². The first-order valence-electron chi connectivity index (χ1n) is 10.0. The van der Waals surface area contributed by atoms with Crippen LogP contribution in [0.25, 0.3) is 0 Å². The van der Waals surface area contributed by atoms with Gasteiger partial charge in [0, 0.05) is 23.8 Å². The first kappa shape index (κ1) is 22.6. The minimum absolute atomic E-state index is 0.153. The molecule has 162 valence electrons. The standard InChI is InChI=1S/C22H27ClN2O4S/c1-4-29-21-11-10-18(13-15(21)2)30(27,28)25-12-6-7-17(14-25)22(26)24-20-9-5-8-19(23)16(20)3/h5,8-11,13,17H,4,6-7,12,14H2,1-3H3,(H,24,26)/t17-/m0/s1. The van der Waals surface area contributed by atoms with Gasteiger partial charge < -0.3 is 10.1 Å². The lowest BCUT2D eigenvalue weighted by Gasteiger charge is -2.31. The van der Waals surface area contributed by atoms with Crippen molar-refractivity contribution < 1.29 is 17.9 Å². The number of sulfonamides is 1. The van der Waals surface area contributed by atoms with Crippen molar-refractivity contribution in [2.75, 3.05) is 25.0 Å². The molecular formula is C22H27ClN2O4S. The van der Waals surface area contributed by atoms with Gasteiger partial charge in [-0.05, 0) is 75.1 Å². The molecule has 30 heavy (non-hydrogen) atoms. The number of rotatable bonds is 6. The number of anilines is 1. The number of carbonyl (C=O) groups excluding carboxylic acids is 1. The third kappa shape index (κ3) is 4.79. The van der Waals surface area contributed by atoms with Crippen LogP contribution in [0.3, 0.4) is 0 Å². The van der Waals surface area contributed by atoms with Gasteiger partial charge in [-0.25, -0.2) is 8.42 Å². The van der Waals surface area contributed by atoms with Gasteiger partial charge in [0.15, 0.2) is 0 Å². The molecular weight excluding hydrogens is 424 g/mol. The summed E-state index contributed by atoms with van der Waals surface area (Å²) in [6.45, 7) is 6.61. The van der Waals surface area contributed by atoms with Crippen molar-refractivity contribution in [3.63, 3.8) is 0 Å². The summed E-state index contributed by atoms with van der Waals surface area (Å²) < 4.78 is 33.2. The summed E-state index contributed by atoms with van der Waals surface area (Å²) in [5, 5.41) is 3.48. The lowest BCUT2D eigenvalue weighted by Crippen LogP contribution is -2.43. The first-order chi connectivity index (χ1) is 14.2. The molecule has 1 amide bonds. The zero-order valence-corrected chi connectivity index (χ0v) is 19.0. The molecule has 0 bridgehead atoms. The maximum Gasteiger partial charge on any atom is 0.243 e. The average Bonchev–Trinajstić information content (AvgIpc) is 2.73. The zero-order valence-electron chi connectivity index (χ0n) is 17.4. The number of halogens is 1. The predicted molar refractivity (Wildman–Crippen MR) is 119 cm³/mol. The largest absolute Gasteiger partial charge is 0.494 e. The van der Waals surface area contributed by atoms with E-state index in [9.17, 15) is 13.2 Å². The van der Waals surface area contributed by atoms with Crippen molar-refractivity contribution in [3.8, 4) is 5.75 Å². The molecule has 1 saturated heterocycles. The second-order valence-corrected chi connectivity index (χ2v) is 9.81. The lowest BCUT2D eigenvalue weighted by molar-refractivity contribution is -0.120. The molecule has 2 aromatic rings. The Morgan fingerprint density at radius 3 is 2.73 bits per heavy atom. The summed E-state index contributed by atoms with van der Waals surface area (Å²) in [5.41, 5.74) is 2.20. The van der Waals surface area contributed by atoms with E-state index in [1.807, 2.05) is 20.8 Å². The summed E-state index contributed by atoms with van der Waals surface area (Å²) in [7, 11) is -3.69. The minimum Gasteiger partial charge on any atom is -0.494 e. The Balaban J connectivity index is 1.75. The number of hydrogen-bond acceptors (Lipinski definition) is 4. The molecule has 2 aromatic carbocycles. The third-order valence-corrected chi connectivity index (χ3v) is 7.64. The Morgan fingerprint density at radius 2 is 2.03 bits per heavy atom. The molecule has 0 aromatic heterocycles. The summed E-state index contributed by atoms with van der Waals surface area (Å²) in [6, 6.07) is 10.2. The Morgan fingerprint density at radius 1 is 1.27 bits per heavy atom. The Hall–Kier alpha value is -2.09. The number of carbonyl (C=O) groups is 1. The molecule has 1 fully saturated rings. The number of aryl methyl sites for hydroxylation is 1. The maximum atomic E-state index is 13.2. The fraction of sp³-hybridized carbons (Fsp3) is 0.409. The highest BCUT2D eigenvalue weighted by atomic mass is 35.5. The van der Waals surface area contributed by atoms with Crippen molar-refractivity contribution in [1.82, 2.24) is 4.31 Å². The number of nitrogens with one attached hydrogen (secondary N) is 1. The SMILES string of the molecule is CCOc1ccc(S(=O)(=O)N2CCC[C@H](C(=O)Nc3cccc(Cl)c3C)C2)cc1C. The quantitative estimate of drug-likeness (QED) is 0.707. The third-order valence-electron chi connectivity index (χ3n) is 5.36. The summed E-state index contributed by atoms with van der Waals surface area (Å²) in [6.07, 6.45) is 1.27. The van der Waals surface area contributed by atoms with Crippen LogP contribution in [0.15, 0.2) is 41.3 Å². The van der Waals surface area contributed by atoms with Gasteiger partial charge in [0.1, 0.15) is 5.75 Å². The molecule has 1 aliphatic rings. The normalized spacial score (nSPS) is 17.5. The van der Waals surface area contributed by atoms with Crippen molar-refractivity contribution in [3.05, 3.63) is 52.5 Å². The monoisotopic (exact) mass is 450 g/mol. The average molecular weight is 451 g/mol. The van der Waals surface area contributed by atoms with Crippen LogP contribution in [0.5, 0.6) is 5.75 Å². The number of amides is 1. The summed E-state index contributed by atoms with van der Waals surface area (Å²) in [4.78, 5) is 13.0. The molecule has 1 atom stereocenters. The predicted octanol–water partition coefficient (Wildman–Crippen LogP) is 4.39. The van der Waals surface area contributed by atoms with E-state index in [-0.39, 0.29) is 17.3 Å². The second-order valence-electron chi connectivity index (χ2n) is 7.46. The maximum absolute atomic E-state index is 13.2. The van der Waals surface area contributed by atoms with Crippen molar-refractivity contribution in [2.24, 2.45) is 5.92 Å². The van der Waals surface area contributed by atoms with E-state index < -0.39 is 15.9 Å². The lowest BCUT2D eigenvalue weighted by atomic mass is 9.98. The fourth-order valence-electron chi connectivity index (χ4n) is 3.60. The summed E-state index contributed by atoms with van der Waals surface area (Å²) >= 11 is 6.13. The first-order valence-corrected chi connectivity index (χ1v) is 11.9. The van der Waals surface area contributed by atoms with Crippen LogP contribution in [-0.2, 0) is 14.8 Å². The van der Waals surface area contributed by atoms with Crippen LogP contribution in [0.4, 0.5) is 5.69 Å². The van der Waals surface area contributed by atoms with Crippen molar-refractivity contribution in [2.45, 2.75) is 38.5 Å². The van der Waals surface area contributed by atoms with Gasteiger partial charge in [-0.3, -0.25) is 4.79 Å². The van der Waals surface area contributed by atoms with Gasteiger partial charge in [-0.1, -0.05) is 17.7 Å². The van der Waals surface area contributed by atoms with Crippen molar-refractivity contribution in [1.29, 1.82) is 0 Å². The summed E-state index contributed by atoms with van der Waals surface area (Å²) in [5.74, 6) is 0.0584. The van der Waals surface area contributed by atoms with Crippen molar-refractivity contribution >= 4 is 33.2 Å². The second kappa shape index (κ2) is 9.37. The molecule has 0 saturated carbocycles. The zero-order chi connectivity index (χ0) is 21.9. The minimum atomic E-state index is -3.69. The van der Waals surface area contributed by atoms with E-state index in [2.05, 4.69) is 5.32 Å². The molecule has 8 heteroatoms. The molecule has 3 rings (SSSR count).